The van der Waals surface area contributed by atoms with Gasteiger partial charge in [0, 0.05) is 18.8 Å². The van der Waals surface area contributed by atoms with Gasteiger partial charge in [-0.15, -0.1) is 0 Å². The number of aromatic nitrogens is 1. The van der Waals surface area contributed by atoms with Gasteiger partial charge in [0.2, 0.25) is 5.82 Å². The second kappa shape index (κ2) is 4.79. The molecule has 1 N–H and O–H groups in total. The summed E-state index contributed by atoms with van der Waals surface area (Å²) >= 11 is 0. The van der Waals surface area contributed by atoms with Gasteiger partial charge < -0.3 is 5.32 Å². The van der Waals surface area contributed by atoms with Gasteiger partial charge in [-0.3, -0.25) is 10.1 Å². The van der Waals surface area contributed by atoms with E-state index in [1.807, 2.05) is 6.92 Å². The van der Waals surface area contributed by atoms with Crippen LogP contribution in [0.15, 0.2) is 12.3 Å². The third-order valence-corrected chi connectivity index (χ3v) is 4.16. The Hall–Kier alpha value is -1.65. The van der Waals surface area contributed by atoms with Gasteiger partial charge in [-0.1, -0.05) is 0 Å². The first-order valence-corrected chi connectivity index (χ1v) is 7.00. The van der Waals surface area contributed by atoms with Crippen molar-refractivity contribution in [2.75, 3.05) is 11.9 Å². The van der Waals surface area contributed by atoms with Crippen molar-refractivity contribution in [3.8, 4) is 0 Å². The predicted octanol–water partition coefficient (Wildman–Crippen LogP) is 3.15. The molecule has 0 spiro atoms. The van der Waals surface area contributed by atoms with Gasteiger partial charge in [-0.2, -0.15) is 0 Å². The molecule has 2 aliphatic rings. The third-order valence-electron chi connectivity index (χ3n) is 4.16. The lowest BCUT2D eigenvalue weighted by Crippen LogP contribution is -2.19. The Morgan fingerprint density at radius 1 is 1.42 bits per heavy atom. The molecular weight excluding hydrogens is 242 g/mol. The quantitative estimate of drug-likeness (QED) is 0.631. The Balaban J connectivity index is 1.70. The van der Waals surface area contributed by atoms with Gasteiger partial charge in [-0.25, -0.2) is 4.98 Å². The van der Waals surface area contributed by atoms with E-state index in [-0.39, 0.29) is 10.6 Å². The van der Waals surface area contributed by atoms with Crippen LogP contribution in [0.3, 0.4) is 0 Å². The molecule has 0 aromatic carbocycles. The lowest BCUT2D eigenvalue weighted by atomic mass is 9.98. The van der Waals surface area contributed by atoms with Gasteiger partial charge in [0.05, 0.1) is 4.92 Å². The maximum absolute atomic E-state index is 11.0. The molecule has 1 heterocycles. The maximum atomic E-state index is 11.0. The highest BCUT2D eigenvalue weighted by Gasteiger charge is 2.41. The SMILES string of the molecule is Cc1cnc(NCC(C2CC2)C2CC2)c([N+](=O)[O-])c1. The van der Waals surface area contributed by atoms with Crippen molar-refractivity contribution in [3.05, 3.63) is 27.9 Å². The number of hydrogen-bond donors (Lipinski definition) is 1. The molecule has 0 atom stereocenters. The first-order chi connectivity index (χ1) is 9.15. The minimum absolute atomic E-state index is 0.0883. The van der Waals surface area contributed by atoms with Crippen LogP contribution in [-0.2, 0) is 0 Å². The van der Waals surface area contributed by atoms with Crippen molar-refractivity contribution in [3.63, 3.8) is 0 Å². The van der Waals surface area contributed by atoms with Crippen LogP contribution < -0.4 is 5.32 Å². The Morgan fingerprint density at radius 3 is 2.58 bits per heavy atom. The van der Waals surface area contributed by atoms with Crippen molar-refractivity contribution >= 4 is 11.5 Å². The molecule has 0 radical (unpaired) electrons. The first-order valence-electron chi connectivity index (χ1n) is 7.00. The Kier molecular flexibility index (Phi) is 3.12. The Bertz CT molecular complexity index is 483. The second-order valence-electron chi connectivity index (χ2n) is 5.86. The number of rotatable bonds is 6. The van der Waals surface area contributed by atoms with E-state index in [9.17, 15) is 10.1 Å². The standard InChI is InChI=1S/C14H19N3O2/c1-9-6-13(17(18)19)14(15-7-9)16-8-12(10-2-3-10)11-4-5-11/h6-7,10-12H,2-5,8H2,1H3,(H,15,16). The minimum Gasteiger partial charge on any atom is -0.364 e. The van der Waals surface area contributed by atoms with Crippen molar-refractivity contribution in [1.82, 2.24) is 4.98 Å². The highest BCUT2D eigenvalue weighted by atomic mass is 16.6. The Labute approximate surface area is 112 Å². The van der Waals surface area contributed by atoms with Crippen LogP contribution in [0.1, 0.15) is 31.2 Å². The van der Waals surface area contributed by atoms with Crippen molar-refractivity contribution in [2.24, 2.45) is 17.8 Å². The molecule has 0 saturated heterocycles. The molecule has 0 bridgehead atoms. The van der Waals surface area contributed by atoms with Crippen molar-refractivity contribution in [1.29, 1.82) is 0 Å². The average molecular weight is 261 g/mol. The minimum atomic E-state index is -0.356. The molecule has 1 aromatic heterocycles. The molecule has 1 aromatic rings. The molecule has 2 aliphatic carbocycles. The number of nitrogens with zero attached hydrogens (tertiary/aromatic N) is 2. The molecule has 0 unspecified atom stereocenters. The molecule has 2 saturated carbocycles. The van der Waals surface area contributed by atoms with E-state index in [2.05, 4.69) is 10.3 Å². The topological polar surface area (TPSA) is 68.1 Å². The van der Waals surface area contributed by atoms with E-state index >= 15 is 0 Å². The predicted molar refractivity (Wildman–Crippen MR) is 73.1 cm³/mol. The molecule has 5 heteroatoms. The lowest BCUT2D eigenvalue weighted by Gasteiger charge is -2.16. The van der Waals surface area contributed by atoms with E-state index in [0.717, 1.165) is 23.9 Å². The van der Waals surface area contributed by atoms with Crippen LogP contribution in [0.5, 0.6) is 0 Å². The highest BCUT2D eigenvalue weighted by Crippen LogP contribution is 2.49. The number of aryl methyl sites for hydroxylation is 1. The number of hydrogen-bond acceptors (Lipinski definition) is 4. The van der Waals surface area contributed by atoms with Gasteiger partial charge >= 0.3 is 5.69 Å². The summed E-state index contributed by atoms with van der Waals surface area (Å²) in [5, 5.41) is 14.2. The smallest absolute Gasteiger partial charge is 0.311 e. The average Bonchev–Trinajstić information content (AvgIpc) is 3.25. The normalized spacial score (nSPS) is 18.6. The molecule has 102 valence electrons. The fourth-order valence-electron chi connectivity index (χ4n) is 2.81. The van der Waals surface area contributed by atoms with Crippen LogP contribution >= 0.6 is 0 Å². The zero-order chi connectivity index (χ0) is 13.4. The fraction of sp³-hybridized carbons (Fsp3) is 0.643. The number of pyridine rings is 1. The zero-order valence-electron chi connectivity index (χ0n) is 11.1. The van der Waals surface area contributed by atoms with Gasteiger partial charge in [0.1, 0.15) is 0 Å². The number of nitrogens with one attached hydrogen (secondary N) is 1. The van der Waals surface area contributed by atoms with Gasteiger partial charge in [-0.05, 0) is 55.9 Å². The molecule has 3 rings (SSSR count). The van der Waals surface area contributed by atoms with E-state index in [4.69, 9.17) is 0 Å². The summed E-state index contributed by atoms with van der Waals surface area (Å²) in [4.78, 5) is 14.9. The van der Waals surface area contributed by atoms with E-state index < -0.39 is 0 Å². The Morgan fingerprint density at radius 2 is 2.05 bits per heavy atom. The van der Waals surface area contributed by atoms with E-state index in [1.165, 1.54) is 25.7 Å². The molecular formula is C14H19N3O2. The third kappa shape index (κ3) is 2.85. The molecule has 19 heavy (non-hydrogen) atoms. The molecule has 5 nitrogen and oxygen atoms in total. The highest BCUT2D eigenvalue weighted by molar-refractivity contribution is 5.56. The van der Waals surface area contributed by atoms with Gasteiger partial charge in [0.15, 0.2) is 0 Å². The zero-order valence-corrected chi connectivity index (χ0v) is 11.1. The summed E-state index contributed by atoms with van der Waals surface area (Å²) in [5.41, 5.74) is 0.906. The summed E-state index contributed by atoms with van der Waals surface area (Å²) in [6.45, 7) is 2.65. The van der Waals surface area contributed by atoms with Crippen LogP contribution in [-0.4, -0.2) is 16.5 Å². The molecule has 0 amide bonds. The van der Waals surface area contributed by atoms with Crippen LogP contribution in [0.4, 0.5) is 11.5 Å². The van der Waals surface area contributed by atoms with Crippen LogP contribution in [0.25, 0.3) is 0 Å². The van der Waals surface area contributed by atoms with E-state index in [0.29, 0.717) is 11.7 Å². The largest absolute Gasteiger partial charge is 0.364 e. The number of anilines is 1. The summed E-state index contributed by atoms with van der Waals surface area (Å²) in [6.07, 6.45) is 6.98. The fourth-order valence-corrected chi connectivity index (χ4v) is 2.81. The van der Waals surface area contributed by atoms with Gasteiger partial charge in [0.25, 0.3) is 0 Å². The van der Waals surface area contributed by atoms with Crippen LogP contribution in [0, 0.1) is 34.8 Å². The lowest BCUT2D eigenvalue weighted by molar-refractivity contribution is -0.384. The molecule has 2 fully saturated rings. The van der Waals surface area contributed by atoms with Crippen molar-refractivity contribution in [2.45, 2.75) is 32.6 Å². The van der Waals surface area contributed by atoms with Crippen molar-refractivity contribution < 1.29 is 4.92 Å². The summed E-state index contributed by atoms with van der Waals surface area (Å²) in [7, 11) is 0. The summed E-state index contributed by atoms with van der Waals surface area (Å²) in [6, 6.07) is 1.58. The summed E-state index contributed by atoms with van der Waals surface area (Å²) < 4.78 is 0. The van der Waals surface area contributed by atoms with Crippen LogP contribution in [0.2, 0.25) is 0 Å². The maximum Gasteiger partial charge on any atom is 0.311 e. The second-order valence-corrected chi connectivity index (χ2v) is 5.86. The number of nitro groups is 1. The first kappa shape index (κ1) is 12.4. The molecule has 0 aliphatic heterocycles. The van der Waals surface area contributed by atoms with E-state index in [1.54, 1.807) is 12.3 Å². The monoisotopic (exact) mass is 261 g/mol. The summed E-state index contributed by atoms with van der Waals surface area (Å²) in [5.74, 6) is 2.78.